The van der Waals surface area contributed by atoms with Crippen molar-refractivity contribution in [3.05, 3.63) is 29.6 Å². The van der Waals surface area contributed by atoms with Gasteiger partial charge >= 0.3 is 0 Å². The van der Waals surface area contributed by atoms with Crippen molar-refractivity contribution in [3.63, 3.8) is 0 Å². The molecule has 0 spiro atoms. The van der Waals surface area contributed by atoms with Crippen molar-refractivity contribution in [3.8, 4) is 0 Å². The van der Waals surface area contributed by atoms with Crippen molar-refractivity contribution in [2.45, 2.75) is 12.3 Å². The van der Waals surface area contributed by atoms with Gasteiger partial charge in [0.05, 0.1) is 24.8 Å². The summed E-state index contributed by atoms with van der Waals surface area (Å²) in [7, 11) is 0. The van der Waals surface area contributed by atoms with E-state index in [1.54, 1.807) is 12.4 Å². The van der Waals surface area contributed by atoms with Gasteiger partial charge in [0.25, 0.3) is 0 Å². The first kappa shape index (κ1) is 9.12. The van der Waals surface area contributed by atoms with E-state index in [4.69, 9.17) is 16.3 Å². The molecule has 1 aliphatic heterocycles. The minimum Gasteiger partial charge on any atom is -0.379 e. The van der Waals surface area contributed by atoms with E-state index in [0.29, 0.717) is 18.4 Å². The number of ether oxygens (including phenoxy) is 1. The van der Waals surface area contributed by atoms with Gasteiger partial charge in [-0.1, -0.05) is 11.6 Å². The molecule has 0 aromatic carbocycles. The molecule has 3 heterocycles. The molecule has 0 unspecified atom stereocenters. The first-order chi connectivity index (χ1) is 7.21. The van der Waals surface area contributed by atoms with Crippen LogP contribution in [-0.4, -0.2) is 27.6 Å². The third-order valence-electron chi connectivity index (χ3n) is 2.79. The molecule has 2 aromatic heterocycles. The van der Waals surface area contributed by atoms with Crippen molar-refractivity contribution in [1.82, 2.24) is 14.4 Å². The molecule has 0 radical (unpaired) electrons. The summed E-state index contributed by atoms with van der Waals surface area (Å²) in [4.78, 5) is 8.43. The van der Waals surface area contributed by atoms with E-state index >= 15 is 0 Å². The van der Waals surface area contributed by atoms with Crippen LogP contribution in [0.4, 0.5) is 0 Å². The fourth-order valence-corrected chi connectivity index (χ4v) is 2.08. The summed E-state index contributed by atoms with van der Waals surface area (Å²) in [6, 6.07) is 0. The van der Waals surface area contributed by atoms with E-state index in [-0.39, 0.29) is 5.41 Å². The average molecular weight is 224 g/mol. The molecule has 3 rings (SSSR count). The highest BCUT2D eigenvalue weighted by Crippen LogP contribution is 2.31. The van der Waals surface area contributed by atoms with Gasteiger partial charge < -0.3 is 4.74 Å². The molecule has 15 heavy (non-hydrogen) atoms. The Kier molecular flexibility index (Phi) is 1.78. The second-order valence-electron chi connectivity index (χ2n) is 4.11. The molecule has 0 saturated carbocycles. The Hall–Kier alpha value is -1.13. The fraction of sp³-hybridized carbons (Fsp3) is 0.400. The van der Waals surface area contributed by atoms with E-state index < -0.39 is 0 Å². The van der Waals surface area contributed by atoms with Gasteiger partial charge in [-0.05, 0) is 6.92 Å². The van der Waals surface area contributed by atoms with Crippen LogP contribution in [0.25, 0.3) is 5.52 Å². The smallest absolute Gasteiger partial charge is 0.154 e. The maximum atomic E-state index is 5.98. The summed E-state index contributed by atoms with van der Waals surface area (Å²) in [5.41, 5.74) is 0.860. The monoisotopic (exact) mass is 223 g/mol. The van der Waals surface area contributed by atoms with Crippen LogP contribution < -0.4 is 0 Å². The summed E-state index contributed by atoms with van der Waals surface area (Å²) >= 11 is 5.98. The third-order valence-corrected chi connectivity index (χ3v) is 3.08. The number of rotatable bonds is 1. The Balaban J connectivity index is 2.24. The SMILES string of the molecule is CC1(c2ncc3c(Cl)nccn23)COC1. The zero-order valence-electron chi connectivity index (χ0n) is 8.27. The molecule has 2 aromatic rings. The number of fused-ring (bicyclic) bond motifs is 1. The van der Waals surface area contributed by atoms with Gasteiger partial charge in [-0.2, -0.15) is 0 Å². The zero-order valence-corrected chi connectivity index (χ0v) is 9.03. The topological polar surface area (TPSA) is 39.4 Å². The predicted molar refractivity (Wildman–Crippen MR) is 56.2 cm³/mol. The highest BCUT2D eigenvalue weighted by Gasteiger charge is 2.39. The Morgan fingerprint density at radius 2 is 2.27 bits per heavy atom. The van der Waals surface area contributed by atoms with E-state index in [2.05, 4.69) is 16.9 Å². The molecule has 78 valence electrons. The van der Waals surface area contributed by atoms with Crippen LogP contribution in [0.3, 0.4) is 0 Å². The van der Waals surface area contributed by atoms with Gasteiger partial charge in [0.1, 0.15) is 11.3 Å². The first-order valence-corrected chi connectivity index (χ1v) is 5.14. The van der Waals surface area contributed by atoms with Gasteiger partial charge in [0.2, 0.25) is 0 Å². The predicted octanol–water partition coefficient (Wildman–Crippen LogP) is 1.67. The van der Waals surface area contributed by atoms with Crippen molar-refractivity contribution in [2.24, 2.45) is 0 Å². The Morgan fingerprint density at radius 3 is 2.93 bits per heavy atom. The largest absolute Gasteiger partial charge is 0.379 e. The number of imidazole rings is 1. The number of hydrogen-bond acceptors (Lipinski definition) is 3. The molecule has 0 aliphatic carbocycles. The Labute approximate surface area is 91.9 Å². The lowest BCUT2D eigenvalue weighted by Gasteiger charge is -2.36. The van der Waals surface area contributed by atoms with Crippen molar-refractivity contribution in [2.75, 3.05) is 13.2 Å². The van der Waals surface area contributed by atoms with Crippen LogP contribution in [0.5, 0.6) is 0 Å². The second-order valence-corrected chi connectivity index (χ2v) is 4.47. The molecule has 0 N–H and O–H groups in total. The van der Waals surface area contributed by atoms with E-state index in [9.17, 15) is 0 Å². The fourth-order valence-electron chi connectivity index (χ4n) is 1.88. The second kappa shape index (κ2) is 2.93. The summed E-state index contributed by atoms with van der Waals surface area (Å²) in [5.74, 6) is 0.994. The van der Waals surface area contributed by atoms with Gasteiger partial charge in [-0.25, -0.2) is 9.97 Å². The highest BCUT2D eigenvalue weighted by molar-refractivity contribution is 6.32. The summed E-state index contributed by atoms with van der Waals surface area (Å²) < 4.78 is 7.22. The number of hydrogen-bond donors (Lipinski definition) is 0. The Bertz CT molecular complexity index is 518. The van der Waals surface area contributed by atoms with Gasteiger partial charge in [0.15, 0.2) is 5.15 Å². The minimum atomic E-state index is 0.0110. The van der Waals surface area contributed by atoms with Crippen molar-refractivity contribution < 1.29 is 4.74 Å². The van der Waals surface area contributed by atoms with E-state index in [0.717, 1.165) is 11.3 Å². The summed E-state index contributed by atoms with van der Waals surface area (Å²) in [6.45, 7) is 3.57. The molecule has 1 aliphatic rings. The molecule has 0 atom stereocenters. The lowest BCUT2D eigenvalue weighted by Crippen LogP contribution is -2.45. The lowest BCUT2D eigenvalue weighted by molar-refractivity contribution is -0.0545. The van der Waals surface area contributed by atoms with Crippen molar-refractivity contribution >= 4 is 17.1 Å². The van der Waals surface area contributed by atoms with Crippen LogP contribution in [0, 0.1) is 0 Å². The first-order valence-electron chi connectivity index (χ1n) is 4.76. The summed E-state index contributed by atoms with van der Waals surface area (Å²) in [6.07, 6.45) is 5.32. The molecule has 5 heteroatoms. The van der Waals surface area contributed by atoms with Gasteiger partial charge in [-0.3, -0.25) is 4.40 Å². The lowest BCUT2D eigenvalue weighted by atomic mass is 9.88. The van der Waals surface area contributed by atoms with Crippen LogP contribution >= 0.6 is 11.6 Å². The quantitative estimate of drug-likeness (QED) is 0.738. The van der Waals surface area contributed by atoms with E-state index in [1.807, 2.05) is 10.6 Å². The van der Waals surface area contributed by atoms with Crippen LogP contribution in [-0.2, 0) is 10.2 Å². The highest BCUT2D eigenvalue weighted by atomic mass is 35.5. The average Bonchev–Trinajstić information content (AvgIpc) is 2.60. The number of nitrogens with zero attached hydrogens (tertiary/aromatic N) is 3. The number of halogens is 1. The standard InChI is InChI=1S/C10H10ClN3O/c1-10(5-15-6-10)9-13-4-7-8(11)12-2-3-14(7)9/h2-4H,5-6H2,1H3. The van der Waals surface area contributed by atoms with Gasteiger partial charge in [0, 0.05) is 12.4 Å². The maximum Gasteiger partial charge on any atom is 0.154 e. The molecular weight excluding hydrogens is 214 g/mol. The summed E-state index contributed by atoms with van der Waals surface area (Å²) in [5, 5.41) is 0.486. The minimum absolute atomic E-state index is 0.0110. The normalized spacial score (nSPS) is 19.1. The maximum absolute atomic E-state index is 5.98. The van der Waals surface area contributed by atoms with Crippen LogP contribution in [0.15, 0.2) is 18.6 Å². The molecule has 4 nitrogen and oxygen atoms in total. The Morgan fingerprint density at radius 1 is 1.47 bits per heavy atom. The third kappa shape index (κ3) is 1.18. The zero-order chi connectivity index (χ0) is 10.5. The van der Waals surface area contributed by atoms with Crippen LogP contribution in [0.2, 0.25) is 5.15 Å². The van der Waals surface area contributed by atoms with E-state index in [1.165, 1.54) is 0 Å². The van der Waals surface area contributed by atoms with Crippen LogP contribution in [0.1, 0.15) is 12.7 Å². The molecule has 1 saturated heterocycles. The molecule has 1 fully saturated rings. The molecular formula is C10H10ClN3O. The van der Waals surface area contributed by atoms with Gasteiger partial charge in [-0.15, -0.1) is 0 Å². The molecule has 0 bridgehead atoms. The van der Waals surface area contributed by atoms with Crippen molar-refractivity contribution in [1.29, 1.82) is 0 Å². The molecule has 0 amide bonds. The number of aromatic nitrogens is 3.